The number of nitrogens with one attached hydrogen (secondary N) is 1. The average molecular weight is 419 g/mol. The summed E-state index contributed by atoms with van der Waals surface area (Å²) in [5.41, 5.74) is 0.460. The number of hydrogen-bond donors (Lipinski definition) is 1. The number of hydrogen-bond acceptors (Lipinski definition) is 5. The molecule has 1 aromatic heterocycles. The van der Waals surface area contributed by atoms with Crippen LogP contribution in [0.3, 0.4) is 0 Å². The number of halogens is 3. The summed E-state index contributed by atoms with van der Waals surface area (Å²) in [6, 6.07) is 5.17. The van der Waals surface area contributed by atoms with Crippen LogP contribution in [0.4, 0.5) is 5.69 Å². The predicted octanol–water partition coefficient (Wildman–Crippen LogP) is 3.80. The molecule has 1 fully saturated rings. The summed E-state index contributed by atoms with van der Waals surface area (Å²) >= 11 is 18.1. The van der Waals surface area contributed by atoms with Gasteiger partial charge in [0.1, 0.15) is 5.02 Å². The standard InChI is InChI=1S/C17H18Cl3N3O3/c1-25-17(4-6-26-7-5-17)10-21-14-3-2-11(8-12(14)18)23-16(24)15(20)13(19)9-22-23/h2-3,8-9,21H,4-7,10H2,1H3. The van der Waals surface area contributed by atoms with Gasteiger partial charge < -0.3 is 14.8 Å². The first kappa shape index (κ1) is 19.5. The molecule has 1 aliphatic heterocycles. The van der Waals surface area contributed by atoms with Crippen molar-refractivity contribution in [3.05, 3.63) is 49.8 Å². The topological polar surface area (TPSA) is 65.4 Å². The van der Waals surface area contributed by atoms with Gasteiger partial charge in [-0.25, -0.2) is 0 Å². The van der Waals surface area contributed by atoms with Crippen LogP contribution in [0.1, 0.15) is 12.8 Å². The number of rotatable bonds is 5. The van der Waals surface area contributed by atoms with E-state index in [0.717, 1.165) is 23.2 Å². The van der Waals surface area contributed by atoms with Gasteiger partial charge in [-0.2, -0.15) is 9.78 Å². The van der Waals surface area contributed by atoms with Crippen molar-refractivity contribution in [3.8, 4) is 5.69 Å². The number of ether oxygens (including phenoxy) is 2. The highest BCUT2D eigenvalue weighted by molar-refractivity contribution is 6.41. The van der Waals surface area contributed by atoms with Crippen molar-refractivity contribution < 1.29 is 9.47 Å². The Morgan fingerprint density at radius 2 is 2.00 bits per heavy atom. The van der Waals surface area contributed by atoms with Crippen LogP contribution in [0.15, 0.2) is 29.2 Å². The van der Waals surface area contributed by atoms with Crippen LogP contribution in [0.5, 0.6) is 0 Å². The SMILES string of the molecule is COC1(CNc2ccc(-n3ncc(Cl)c(Cl)c3=O)cc2Cl)CCOCC1. The van der Waals surface area contributed by atoms with Crippen LogP contribution in [0.25, 0.3) is 5.69 Å². The van der Waals surface area contributed by atoms with E-state index >= 15 is 0 Å². The molecule has 1 aromatic carbocycles. The first-order chi connectivity index (χ1) is 12.5. The molecule has 140 valence electrons. The largest absolute Gasteiger partial charge is 0.381 e. The molecule has 0 aliphatic carbocycles. The van der Waals surface area contributed by atoms with E-state index in [4.69, 9.17) is 44.3 Å². The van der Waals surface area contributed by atoms with Crippen molar-refractivity contribution in [2.45, 2.75) is 18.4 Å². The maximum absolute atomic E-state index is 12.2. The maximum atomic E-state index is 12.2. The molecule has 1 saturated heterocycles. The molecule has 0 saturated carbocycles. The minimum Gasteiger partial charge on any atom is -0.381 e. The number of methoxy groups -OCH3 is 1. The van der Waals surface area contributed by atoms with Gasteiger partial charge in [-0.3, -0.25) is 4.79 Å². The zero-order valence-corrected chi connectivity index (χ0v) is 16.4. The Labute approximate surface area is 166 Å². The Hall–Kier alpha value is -1.31. The molecule has 1 N–H and O–H groups in total. The van der Waals surface area contributed by atoms with E-state index in [0.29, 0.717) is 30.5 Å². The van der Waals surface area contributed by atoms with E-state index < -0.39 is 5.56 Å². The van der Waals surface area contributed by atoms with Crippen LogP contribution in [0, 0.1) is 0 Å². The van der Waals surface area contributed by atoms with E-state index in [-0.39, 0.29) is 15.6 Å². The minimum atomic E-state index is -0.503. The molecule has 1 aliphatic rings. The van der Waals surface area contributed by atoms with Crippen molar-refractivity contribution in [1.29, 1.82) is 0 Å². The third-order valence-electron chi connectivity index (χ3n) is 4.51. The van der Waals surface area contributed by atoms with Crippen LogP contribution in [0.2, 0.25) is 15.1 Å². The molecule has 9 heteroatoms. The van der Waals surface area contributed by atoms with Crippen molar-refractivity contribution in [2.75, 3.05) is 32.2 Å². The van der Waals surface area contributed by atoms with Crippen LogP contribution in [-0.2, 0) is 9.47 Å². The predicted molar refractivity (Wildman–Crippen MR) is 103 cm³/mol. The van der Waals surface area contributed by atoms with E-state index in [1.54, 1.807) is 25.3 Å². The summed E-state index contributed by atoms with van der Waals surface area (Å²) in [5.74, 6) is 0. The fourth-order valence-electron chi connectivity index (χ4n) is 2.83. The van der Waals surface area contributed by atoms with Crippen LogP contribution in [-0.4, -0.2) is 42.2 Å². The van der Waals surface area contributed by atoms with Crippen LogP contribution < -0.4 is 10.9 Å². The third-order valence-corrected chi connectivity index (χ3v) is 5.57. The summed E-state index contributed by atoms with van der Waals surface area (Å²) in [7, 11) is 1.71. The molecular weight excluding hydrogens is 401 g/mol. The molecule has 0 unspecified atom stereocenters. The number of benzene rings is 1. The molecule has 0 spiro atoms. The van der Waals surface area contributed by atoms with Gasteiger partial charge in [-0.1, -0.05) is 34.8 Å². The summed E-state index contributed by atoms with van der Waals surface area (Å²) < 4.78 is 12.3. The quantitative estimate of drug-likeness (QED) is 0.800. The first-order valence-electron chi connectivity index (χ1n) is 8.06. The second-order valence-corrected chi connectivity index (χ2v) is 7.23. The first-order valence-corrected chi connectivity index (χ1v) is 9.19. The lowest BCUT2D eigenvalue weighted by atomic mass is 9.94. The maximum Gasteiger partial charge on any atom is 0.291 e. The highest BCUT2D eigenvalue weighted by atomic mass is 35.5. The highest BCUT2D eigenvalue weighted by Gasteiger charge is 2.32. The molecular formula is C17H18Cl3N3O3. The molecule has 26 heavy (non-hydrogen) atoms. The third kappa shape index (κ3) is 4.00. The van der Waals surface area contributed by atoms with Crippen molar-refractivity contribution in [2.24, 2.45) is 0 Å². The normalized spacial score (nSPS) is 16.5. The zero-order valence-electron chi connectivity index (χ0n) is 14.1. The van der Waals surface area contributed by atoms with E-state index in [2.05, 4.69) is 10.4 Å². The lowest BCUT2D eigenvalue weighted by Gasteiger charge is -2.36. The smallest absolute Gasteiger partial charge is 0.291 e. The van der Waals surface area contributed by atoms with Gasteiger partial charge in [0.15, 0.2) is 0 Å². The van der Waals surface area contributed by atoms with E-state index in [9.17, 15) is 4.79 Å². The number of anilines is 1. The Morgan fingerprint density at radius 3 is 2.65 bits per heavy atom. The van der Waals surface area contributed by atoms with Gasteiger partial charge in [0.2, 0.25) is 0 Å². The van der Waals surface area contributed by atoms with Crippen molar-refractivity contribution in [1.82, 2.24) is 9.78 Å². The van der Waals surface area contributed by atoms with Gasteiger partial charge in [0, 0.05) is 39.7 Å². The Bertz CT molecular complexity index is 851. The summed E-state index contributed by atoms with van der Waals surface area (Å²) in [6.45, 7) is 1.96. The number of nitrogens with zero attached hydrogens (tertiary/aromatic N) is 2. The van der Waals surface area contributed by atoms with Gasteiger partial charge in [-0.05, 0) is 18.2 Å². The molecule has 0 bridgehead atoms. The molecule has 2 heterocycles. The van der Waals surface area contributed by atoms with Crippen molar-refractivity contribution in [3.63, 3.8) is 0 Å². The summed E-state index contributed by atoms with van der Waals surface area (Å²) in [5, 5.41) is 7.81. The lowest BCUT2D eigenvalue weighted by Crippen LogP contribution is -2.44. The average Bonchev–Trinajstić information content (AvgIpc) is 2.66. The molecule has 3 rings (SSSR count). The number of aromatic nitrogens is 2. The van der Waals surface area contributed by atoms with Crippen molar-refractivity contribution >= 4 is 40.5 Å². The Morgan fingerprint density at radius 1 is 1.27 bits per heavy atom. The fraction of sp³-hybridized carbons (Fsp3) is 0.412. The monoisotopic (exact) mass is 417 g/mol. The molecule has 6 nitrogen and oxygen atoms in total. The zero-order chi connectivity index (χ0) is 18.7. The second kappa shape index (κ2) is 8.15. The van der Waals surface area contributed by atoms with Crippen LogP contribution >= 0.6 is 34.8 Å². The minimum absolute atomic E-state index is 0.0819. The Kier molecular flexibility index (Phi) is 6.10. The second-order valence-electron chi connectivity index (χ2n) is 6.04. The Balaban J connectivity index is 1.80. The van der Waals surface area contributed by atoms with Gasteiger partial charge in [-0.15, -0.1) is 0 Å². The molecule has 0 amide bonds. The van der Waals surface area contributed by atoms with Gasteiger partial charge in [0.05, 0.1) is 33.2 Å². The van der Waals surface area contributed by atoms with E-state index in [1.807, 2.05) is 0 Å². The molecule has 2 aromatic rings. The summed E-state index contributed by atoms with van der Waals surface area (Å²) in [6.07, 6.45) is 2.95. The molecule has 0 radical (unpaired) electrons. The van der Waals surface area contributed by atoms with E-state index in [1.165, 1.54) is 6.20 Å². The lowest BCUT2D eigenvalue weighted by molar-refractivity contribution is -0.0807. The highest BCUT2D eigenvalue weighted by Crippen LogP contribution is 2.29. The summed E-state index contributed by atoms with van der Waals surface area (Å²) in [4.78, 5) is 12.2. The van der Waals surface area contributed by atoms with Gasteiger partial charge in [0.25, 0.3) is 5.56 Å². The van der Waals surface area contributed by atoms with Gasteiger partial charge >= 0.3 is 0 Å². The fourth-order valence-corrected chi connectivity index (χ4v) is 3.32. The molecule has 0 atom stereocenters.